The van der Waals surface area contributed by atoms with Gasteiger partial charge in [-0.05, 0) is 86.6 Å². The zero-order chi connectivity index (χ0) is 39.9. The zero-order valence-electron chi connectivity index (χ0n) is 33.8. The van der Waals surface area contributed by atoms with Gasteiger partial charge in [0, 0.05) is 22.4 Å². The minimum Gasteiger partial charge on any atom is -0.504 e. The number of phenols is 2. The summed E-state index contributed by atoms with van der Waals surface area (Å²) in [5.41, 5.74) is 19.3. The Morgan fingerprint density at radius 2 is 1.00 bits per heavy atom. The molecule has 1 aromatic heterocycles. The minimum atomic E-state index is -0.0861. The van der Waals surface area contributed by atoms with Gasteiger partial charge in [-0.15, -0.1) is 16.4 Å². The predicted molar refractivity (Wildman–Crippen MR) is 263 cm³/mol. The van der Waals surface area contributed by atoms with Crippen LogP contribution in [0.4, 0.5) is 0 Å². The highest BCUT2D eigenvalue weighted by atomic mass is 16.3. The van der Waals surface area contributed by atoms with E-state index < -0.39 is 0 Å². The summed E-state index contributed by atoms with van der Waals surface area (Å²) in [4.78, 5) is 5.13. The van der Waals surface area contributed by atoms with Crippen LogP contribution in [0.1, 0.15) is 5.56 Å². The van der Waals surface area contributed by atoms with E-state index in [1.807, 2.05) is 26.9 Å². The van der Waals surface area contributed by atoms with E-state index in [1.54, 1.807) is 0 Å². The molecule has 0 saturated heterocycles. The number of aromatic hydroxyl groups is 2. The SMILES string of the molecule is Bc1c(B)c(B)c(-c2ccc3c(-c4cccc(-n5c(-c6ccccc6)nc6ccccc65)c4)c4ccccc4c(-c4c(B)c(B)c(C)c(O)c4O)c3c2)c(B)c1B. The summed E-state index contributed by atoms with van der Waals surface area (Å²) >= 11 is 0. The molecular weight excluding hydrogens is 688 g/mol. The molecule has 2 N–H and O–H groups in total. The number of hydrogen-bond acceptors (Lipinski definition) is 3. The minimum absolute atomic E-state index is 0.0727. The molecular formula is C46H39B7N2O2. The second kappa shape index (κ2) is 13.8. The van der Waals surface area contributed by atoms with Gasteiger partial charge in [0.1, 0.15) is 60.7 Å². The number of rotatable bonds is 5. The predicted octanol–water partition coefficient (Wildman–Crippen LogP) is -0.472. The fourth-order valence-electron chi connectivity index (χ4n) is 9.14. The molecule has 0 radical (unpaired) electrons. The molecule has 0 atom stereocenters. The quantitative estimate of drug-likeness (QED) is 0.143. The van der Waals surface area contributed by atoms with Gasteiger partial charge in [0.2, 0.25) is 0 Å². The van der Waals surface area contributed by atoms with Gasteiger partial charge in [-0.1, -0.05) is 113 Å². The van der Waals surface area contributed by atoms with E-state index in [0.717, 1.165) is 82.8 Å². The van der Waals surface area contributed by atoms with Crippen molar-refractivity contribution >= 4 is 126 Å². The van der Waals surface area contributed by atoms with Gasteiger partial charge in [-0.3, -0.25) is 4.57 Å². The first-order valence-corrected chi connectivity index (χ1v) is 19.7. The van der Waals surface area contributed by atoms with Gasteiger partial charge in [0.25, 0.3) is 0 Å². The van der Waals surface area contributed by atoms with Crippen LogP contribution in [-0.2, 0) is 0 Å². The summed E-state index contributed by atoms with van der Waals surface area (Å²) in [5.74, 6) is 0.729. The first kappa shape index (κ1) is 36.4. The lowest BCUT2D eigenvalue weighted by Gasteiger charge is -2.24. The zero-order valence-corrected chi connectivity index (χ0v) is 33.8. The summed E-state index contributed by atoms with van der Waals surface area (Å²) in [5, 5.41) is 27.4. The molecule has 0 saturated carbocycles. The number of benzene rings is 8. The average molecular weight is 728 g/mol. The lowest BCUT2D eigenvalue weighted by atomic mass is 9.59. The highest BCUT2D eigenvalue weighted by Crippen LogP contribution is 2.48. The van der Waals surface area contributed by atoms with E-state index in [-0.39, 0.29) is 11.5 Å². The summed E-state index contributed by atoms with van der Waals surface area (Å²) < 4.78 is 2.26. The van der Waals surface area contributed by atoms with Crippen molar-refractivity contribution < 1.29 is 10.2 Å². The van der Waals surface area contributed by atoms with Crippen LogP contribution in [0.15, 0.2) is 121 Å². The second-order valence-corrected chi connectivity index (χ2v) is 15.7. The Kier molecular flexibility index (Phi) is 8.81. The van der Waals surface area contributed by atoms with Crippen LogP contribution in [-0.4, -0.2) is 74.7 Å². The molecule has 57 heavy (non-hydrogen) atoms. The van der Waals surface area contributed by atoms with Crippen LogP contribution in [0.5, 0.6) is 11.5 Å². The van der Waals surface area contributed by atoms with Crippen LogP contribution in [0.2, 0.25) is 0 Å². The number of phenolic OH excluding ortho intramolecular Hbond substituents is 2. The third kappa shape index (κ3) is 5.58. The molecule has 11 heteroatoms. The smallest absolute Gasteiger partial charge is 0.165 e. The Morgan fingerprint density at radius 1 is 0.439 bits per heavy atom. The van der Waals surface area contributed by atoms with Gasteiger partial charge >= 0.3 is 0 Å². The van der Waals surface area contributed by atoms with Crippen LogP contribution >= 0.6 is 0 Å². The van der Waals surface area contributed by atoms with Crippen LogP contribution in [0, 0.1) is 6.92 Å². The molecule has 0 fully saturated rings. The molecule has 9 aromatic rings. The number of aromatic nitrogens is 2. The van der Waals surface area contributed by atoms with E-state index in [0.29, 0.717) is 11.1 Å². The van der Waals surface area contributed by atoms with Gasteiger partial charge in [0.05, 0.1) is 11.0 Å². The van der Waals surface area contributed by atoms with Crippen molar-refractivity contribution in [1.82, 2.24) is 9.55 Å². The summed E-state index contributed by atoms with van der Waals surface area (Å²) in [6.45, 7) is 1.87. The number of fused-ring (bicyclic) bond motifs is 3. The van der Waals surface area contributed by atoms with E-state index in [4.69, 9.17) is 4.98 Å². The largest absolute Gasteiger partial charge is 0.504 e. The van der Waals surface area contributed by atoms with Crippen LogP contribution in [0.25, 0.3) is 83.0 Å². The third-order valence-electron chi connectivity index (χ3n) is 12.9. The normalized spacial score (nSPS) is 11.5. The average Bonchev–Trinajstić information content (AvgIpc) is 3.64. The van der Waals surface area contributed by atoms with E-state index in [1.165, 1.54) is 32.9 Å². The van der Waals surface area contributed by atoms with Gasteiger partial charge in [0.15, 0.2) is 11.5 Å². The summed E-state index contributed by atoms with van der Waals surface area (Å²) in [7, 11) is 15.2. The van der Waals surface area contributed by atoms with Crippen molar-refractivity contribution in [3.05, 3.63) is 127 Å². The fourth-order valence-corrected chi connectivity index (χ4v) is 9.14. The Bertz CT molecular complexity index is 3090. The van der Waals surface area contributed by atoms with E-state index >= 15 is 0 Å². The van der Waals surface area contributed by atoms with Gasteiger partial charge < -0.3 is 10.2 Å². The summed E-state index contributed by atoms with van der Waals surface area (Å²) in [6, 6.07) is 42.8. The Morgan fingerprint density at radius 3 is 1.72 bits per heavy atom. The van der Waals surface area contributed by atoms with Crippen LogP contribution < -0.4 is 38.2 Å². The van der Waals surface area contributed by atoms with Crippen molar-refractivity contribution in [3.63, 3.8) is 0 Å². The molecule has 0 aliphatic carbocycles. The van der Waals surface area contributed by atoms with E-state index in [2.05, 4.69) is 161 Å². The maximum Gasteiger partial charge on any atom is 0.165 e. The molecule has 0 spiro atoms. The van der Waals surface area contributed by atoms with E-state index in [9.17, 15) is 10.2 Å². The molecule has 1 heterocycles. The first-order valence-electron chi connectivity index (χ1n) is 19.7. The highest BCUT2D eigenvalue weighted by Gasteiger charge is 2.25. The molecule has 266 valence electrons. The third-order valence-corrected chi connectivity index (χ3v) is 12.9. The Labute approximate surface area is 339 Å². The van der Waals surface area contributed by atoms with Crippen molar-refractivity contribution in [2.24, 2.45) is 0 Å². The molecule has 0 aliphatic rings. The molecule has 0 amide bonds. The fraction of sp³-hybridized carbons (Fsp3) is 0.0217. The molecule has 0 bridgehead atoms. The van der Waals surface area contributed by atoms with Crippen molar-refractivity contribution in [3.8, 4) is 62.0 Å². The first-order chi connectivity index (χ1) is 27.5. The topological polar surface area (TPSA) is 58.3 Å². The van der Waals surface area contributed by atoms with Crippen molar-refractivity contribution in [1.29, 1.82) is 0 Å². The number of imidazole rings is 1. The maximum absolute atomic E-state index is 11.9. The molecule has 9 rings (SSSR count). The monoisotopic (exact) mass is 728 g/mol. The van der Waals surface area contributed by atoms with Crippen molar-refractivity contribution in [2.45, 2.75) is 6.92 Å². The number of para-hydroxylation sites is 2. The van der Waals surface area contributed by atoms with Gasteiger partial charge in [-0.2, -0.15) is 0 Å². The number of nitrogens with zero attached hydrogens (tertiary/aromatic N) is 2. The Balaban J connectivity index is 1.40. The van der Waals surface area contributed by atoms with Crippen molar-refractivity contribution in [2.75, 3.05) is 0 Å². The molecule has 0 aliphatic heterocycles. The standard InChI is InChI=1S/C46H39B7N2O2/c1-22-37(47)40(50)36(45(57)44(22)56)35-28-15-6-5-14-27(28)33(29-19-18-25(21-30(29)35)34-38(48)41(51)43(53)42(52)39(34)49)24-12-9-13-26(20-24)55-32-17-8-7-16-31(32)54-46(55)23-10-3-2-4-11-23/h2-21,56-57H,47-53H2,1H3. The molecule has 4 nitrogen and oxygen atoms in total. The van der Waals surface area contributed by atoms with Crippen LogP contribution in [0.3, 0.4) is 0 Å². The second-order valence-electron chi connectivity index (χ2n) is 15.7. The lowest BCUT2D eigenvalue weighted by molar-refractivity contribution is 0.403. The number of hydrogen-bond donors (Lipinski definition) is 2. The molecule has 0 unspecified atom stereocenters. The van der Waals surface area contributed by atoms with Gasteiger partial charge in [-0.25, -0.2) is 4.98 Å². The summed E-state index contributed by atoms with van der Waals surface area (Å²) in [6.07, 6.45) is 0. The Hall–Kier alpha value is -6.20. The lowest BCUT2D eigenvalue weighted by Crippen LogP contribution is -2.55. The highest BCUT2D eigenvalue weighted by molar-refractivity contribution is 6.68. The molecule has 8 aromatic carbocycles. The maximum atomic E-state index is 11.9.